The molecule has 0 radical (unpaired) electrons. The minimum atomic E-state index is -0.714. The average molecular weight is 266 g/mol. The second kappa shape index (κ2) is 5.26. The first-order valence-electron chi connectivity index (χ1n) is 6.01. The van der Waals surface area contributed by atoms with Crippen LogP contribution in [0.25, 0.3) is 0 Å². The summed E-state index contributed by atoms with van der Waals surface area (Å²) < 4.78 is 18.6. The predicted molar refractivity (Wildman–Crippen MR) is 67.4 cm³/mol. The number of methoxy groups -OCH3 is 1. The summed E-state index contributed by atoms with van der Waals surface area (Å²) in [5.74, 6) is -0.577. The van der Waals surface area contributed by atoms with Crippen molar-refractivity contribution in [2.75, 3.05) is 19.0 Å². The molecule has 102 valence electrons. The van der Waals surface area contributed by atoms with Crippen molar-refractivity contribution in [3.05, 3.63) is 24.0 Å². The average Bonchev–Trinajstić information content (AvgIpc) is 2.66. The molecule has 1 aromatic rings. The van der Waals surface area contributed by atoms with Crippen molar-refractivity contribution in [3.63, 3.8) is 0 Å². The summed E-state index contributed by atoms with van der Waals surface area (Å²) in [6.45, 7) is 2.06. The van der Waals surface area contributed by atoms with Crippen molar-refractivity contribution in [2.45, 2.75) is 19.4 Å². The number of carbonyl (C=O) groups excluding carboxylic acids is 2. The van der Waals surface area contributed by atoms with E-state index in [1.54, 1.807) is 6.92 Å². The fraction of sp³-hybridized carbons (Fsp3) is 0.385. The van der Waals surface area contributed by atoms with Gasteiger partial charge in [0.05, 0.1) is 19.2 Å². The summed E-state index contributed by atoms with van der Waals surface area (Å²) in [4.78, 5) is 24.6. The first kappa shape index (κ1) is 13.3. The third-order valence-electron chi connectivity index (χ3n) is 3.06. The van der Waals surface area contributed by atoms with Crippen LogP contribution < -0.4 is 10.1 Å². The lowest BCUT2D eigenvalue weighted by molar-refractivity contribution is -0.138. The number of carbonyl (C=O) groups is 2. The largest absolute Gasteiger partial charge is 0.497 e. The van der Waals surface area contributed by atoms with E-state index in [1.807, 2.05) is 0 Å². The van der Waals surface area contributed by atoms with Crippen LogP contribution in [-0.2, 0) is 9.59 Å². The molecule has 0 aromatic heterocycles. The Bertz CT molecular complexity index is 519. The van der Waals surface area contributed by atoms with Crippen molar-refractivity contribution >= 4 is 17.5 Å². The zero-order chi connectivity index (χ0) is 14.0. The van der Waals surface area contributed by atoms with E-state index in [9.17, 15) is 14.0 Å². The van der Waals surface area contributed by atoms with Crippen LogP contribution in [0.5, 0.6) is 5.75 Å². The highest BCUT2D eigenvalue weighted by molar-refractivity contribution is 6.06. The number of anilines is 1. The Balaban J connectivity index is 2.18. The highest BCUT2D eigenvalue weighted by Crippen LogP contribution is 2.24. The zero-order valence-electron chi connectivity index (χ0n) is 10.8. The zero-order valence-corrected chi connectivity index (χ0v) is 10.8. The second-order valence-corrected chi connectivity index (χ2v) is 4.22. The van der Waals surface area contributed by atoms with Crippen LogP contribution in [-0.4, -0.2) is 36.4 Å². The van der Waals surface area contributed by atoms with Crippen molar-refractivity contribution in [3.8, 4) is 5.75 Å². The summed E-state index contributed by atoms with van der Waals surface area (Å²) in [6, 6.07) is 3.48. The van der Waals surface area contributed by atoms with Crippen LogP contribution in [0, 0.1) is 5.82 Å². The van der Waals surface area contributed by atoms with Crippen molar-refractivity contribution in [1.29, 1.82) is 0 Å². The fourth-order valence-electron chi connectivity index (χ4n) is 2.06. The predicted octanol–water partition coefficient (Wildman–Crippen LogP) is 1.39. The van der Waals surface area contributed by atoms with Gasteiger partial charge in [0.2, 0.25) is 5.91 Å². The third kappa shape index (κ3) is 2.52. The number of likely N-dealkylation sites (N-methyl/N-ethyl adjacent to an activating group) is 1. The highest BCUT2D eigenvalue weighted by atomic mass is 19.1. The maximum atomic E-state index is 13.6. The lowest BCUT2D eigenvalue weighted by atomic mass is 10.2. The van der Waals surface area contributed by atoms with Gasteiger partial charge in [-0.05, 0) is 19.1 Å². The molecule has 1 unspecified atom stereocenters. The molecule has 1 aliphatic heterocycles. The van der Waals surface area contributed by atoms with Gasteiger partial charge in [0.25, 0.3) is 5.91 Å². The lowest BCUT2D eigenvalue weighted by Gasteiger charge is -2.15. The molecule has 0 aliphatic carbocycles. The van der Waals surface area contributed by atoms with Crippen LogP contribution >= 0.6 is 0 Å². The van der Waals surface area contributed by atoms with Crippen LogP contribution in [0.1, 0.15) is 13.3 Å². The molecule has 1 atom stereocenters. The van der Waals surface area contributed by atoms with E-state index in [1.165, 1.54) is 25.3 Å². The molecule has 1 N–H and O–H groups in total. The Hall–Kier alpha value is -2.11. The molecule has 5 nitrogen and oxygen atoms in total. The number of nitrogens with zero attached hydrogens (tertiary/aromatic N) is 1. The highest BCUT2D eigenvalue weighted by Gasteiger charge is 2.37. The molecule has 0 spiro atoms. The number of likely N-dealkylation sites (tertiary alicyclic amines) is 1. The number of rotatable bonds is 4. The SMILES string of the molecule is CCN1C(=O)CC(Nc2cc(OC)ccc2F)C1=O. The lowest BCUT2D eigenvalue weighted by Crippen LogP contribution is -2.34. The standard InChI is InChI=1S/C13H15FN2O3/c1-3-16-12(17)7-11(13(16)18)15-10-6-8(19-2)4-5-9(10)14/h4-6,11,15H,3,7H2,1-2H3. The maximum Gasteiger partial charge on any atom is 0.252 e. The number of halogens is 1. The molecule has 2 rings (SSSR count). The quantitative estimate of drug-likeness (QED) is 0.837. The van der Waals surface area contributed by atoms with Gasteiger partial charge in [0.15, 0.2) is 0 Å². The van der Waals surface area contributed by atoms with Gasteiger partial charge in [-0.15, -0.1) is 0 Å². The Morgan fingerprint density at radius 1 is 1.47 bits per heavy atom. The summed E-state index contributed by atoms with van der Waals surface area (Å²) in [7, 11) is 1.47. The Kier molecular flexibility index (Phi) is 3.69. The number of hydrogen-bond acceptors (Lipinski definition) is 4. The molecular formula is C13H15FN2O3. The van der Waals surface area contributed by atoms with E-state index in [4.69, 9.17) is 4.74 Å². The Labute approximate surface area is 110 Å². The minimum Gasteiger partial charge on any atom is -0.497 e. The van der Waals surface area contributed by atoms with Crippen LogP contribution in [0.4, 0.5) is 10.1 Å². The van der Waals surface area contributed by atoms with Crippen molar-refractivity contribution in [2.24, 2.45) is 0 Å². The molecule has 0 saturated carbocycles. The first-order valence-corrected chi connectivity index (χ1v) is 6.01. The molecule has 1 saturated heterocycles. The molecule has 1 heterocycles. The Morgan fingerprint density at radius 3 is 2.79 bits per heavy atom. The van der Waals surface area contributed by atoms with E-state index < -0.39 is 11.9 Å². The van der Waals surface area contributed by atoms with Gasteiger partial charge in [-0.3, -0.25) is 14.5 Å². The third-order valence-corrected chi connectivity index (χ3v) is 3.06. The molecule has 1 aromatic carbocycles. The van der Waals surface area contributed by atoms with Crippen LogP contribution in [0.15, 0.2) is 18.2 Å². The molecule has 0 bridgehead atoms. The molecule has 1 aliphatic rings. The van der Waals surface area contributed by atoms with Gasteiger partial charge >= 0.3 is 0 Å². The monoisotopic (exact) mass is 266 g/mol. The number of hydrogen-bond donors (Lipinski definition) is 1. The first-order chi connectivity index (χ1) is 9.06. The second-order valence-electron chi connectivity index (χ2n) is 4.22. The number of imide groups is 1. The number of ether oxygens (including phenoxy) is 1. The van der Waals surface area contributed by atoms with E-state index >= 15 is 0 Å². The van der Waals surface area contributed by atoms with Gasteiger partial charge in [-0.25, -0.2) is 4.39 Å². The van der Waals surface area contributed by atoms with E-state index in [-0.39, 0.29) is 23.9 Å². The fourth-order valence-corrected chi connectivity index (χ4v) is 2.06. The normalized spacial score (nSPS) is 18.9. The summed E-state index contributed by atoms with van der Waals surface area (Å²) in [6.07, 6.45) is 0.0450. The number of benzene rings is 1. The summed E-state index contributed by atoms with van der Waals surface area (Å²) >= 11 is 0. The van der Waals surface area contributed by atoms with Gasteiger partial charge < -0.3 is 10.1 Å². The van der Waals surface area contributed by atoms with E-state index in [0.29, 0.717) is 12.3 Å². The van der Waals surface area contributed by atoms with Crippen molar-refractivity contribution < 1.29 is 18.7 Å². The van der Waals surface area contributed by atoms with Crippen LogP contribution in [0.3, 0.4) is 0 Å². The molecule has 19 heavy (non-hydrogen) atoms. The summed E-state index contributed by atoms with van der Waals surface area (Å²) in [5.41, 5.74) is 0.156. The smallest absolute Gasteiger partial charge is 0.252 e. The molecule has 6 heteroatoms. The van der Waals surface area contributed by atoms with Gasteiger partial charge in [0, 0.05) is 12.6 Å². The molecule has 1 fully saturated rings. The number of amides is 2. The maximum absolute atomic E-state index is 13.6. The topological polar surface area (TPSA) is 58.6 Å². The molecular weight excluding hydrogens is 251 g/mol. The molecule has 2 amide bonds. The van der Waals surface area contributed by atoms with E-state index in [0.717, 1.165) is 4.90 Å². The van der Waals surface area contributed by atoms with Crippen molar-refractivity contribution in [1.82, 2.24) is 4.90 Å². The van der Waals surface area contributed by atoms with Gasteiger partial charge in [-0.2, -0.15) is 0 Å². The summed E-state index contributed by atoms with van der Waals surface area (Å²) in [5, 5.41) is 2.76. The van der Waals surface area contributed by atoms with Gasteiger partial charge in [0.1, 0.15) is 17.6 Å². The van der Waals surface area contributed by atoms with Gasteiger partial charge in [-0.1, -0.05) is 0 Å². The Morgan fingerprint density at radius 2 is 2.21 bits per heavy atom. The minimum absolute atomic E-state index is 0.0450. The number of nitrogens with one attached hydrogen (secondary N) is 1. The van der Waals surface area contributed by atoms with E-state index in [2.05, 4.69) is 5.32 Å². The van der Waals surface area contributed by atoms with Crippen LogP contribution in [0.2, 0.25) is 0 Å².